The molecular weight excluding hydrogens is 733 g/mol. The highest BCUT2D eigenvalue weighted by atomic mass is 32.2. The van der Waals surface area contributed by atoms with Crippen molar-refractivity contribution in [3.05, 3.63) is 71.7 Å². The molecule has 6 amide bonds. The fourth-order valence-electron chi connectivity index (χ4n) is 6.63. The fraction of sp³-hybridized carbons (Fsp3) is 0.405. The number of imidazole rings is 1. The van der Waals surface area contributed by atoms with Crippen LogP contribution in [-0.2, 0) is 30.7 Å². The lowest BCUT2D eigenvalue weighted by atomic mass is 10.1. The summed E-state index contributed by atoms with van der Waals surface area (Å²) in [6.07, 6.45) is 5.60. The first-order valence-electron chi connectivity index (χ1n) is 17.6. The Balaban J connectivity index is 1.28. The number of pyridine rings is 1. The van der Waals surface area contributed by atoms with Gasteiger partial charge in [0.2, 0.25) is 11.8 Å². The molecule has 7 rings (SSSR count). The lowest BCUT2D eigenvalue weighted by Crippen LogP contribution is -2.43. The minimum absolute atomic E-state index is 0.0662. The third kappa shape index (κ3) is 7.45. The second kappa shape index (κ2) is 13.4. The number of aryl methyl sites for hydroxylation is 1. The van der Waals surface area contributed by atoms with Crippen molar-refractivity contribution in [3.63, 3.8) is 0 Å². The van der Waals surface area contributed by atoms with E-state index in [0.717, 1.165) is 46.6 Å². The molecule has 288 valence electrons. The summed E-state index contributed by atoms with van der Waals surface area (Å²) in [5.74, 6) is -1.68. The predicted molar refractivity (Wildman–Crippen MR) is 198 cm³/mol. The number of likely N-dealkylation sites (N-methyl/N-ethyl adjacent to an activating group) is 1. The van der Waals surface area contributed by atoms with Crippen LogP contribution < -0.4 is 14.7 Å². The van der Waals surface area contributed by atoms with Crippen LogP contribution in [0.1, 0.15) is 74.6 Å². The number of hydrogen-bond acceptors (Lipinski definition) is 11. The Kier molecular flexibility index (Phi) is 9.14. The minimum Gasteiger partial charge on any atom is -0.465 e. The van der Waals surface area contributed by atoms with Gasteiger partial charge in [0.25, 0.3) is 0 Å². The van der Waals surface area contributed by atoms with Crippen molar-refractivity contribution in [1.29, 1.82) is 0 Å². The predicted octanol–water partition coefficient (Wildman–Crippen LogP) is 4.87. The monoisotopic (exact) mass is 772 g/mol. The summed E-state index contributed by atoms with van der Waals surface area (Å²) in [6.45, 7) is 6.04. The highest BCUT2D eigenvalue weighted by Gasteiger charge is 2.50. The van der Waals surface area contributed by atoms with Gasteiger partial charge in [0.1, 0.15) is 18.0 Å². The van der Waals surface area contributed by atoms with Gasteiger partial charge in [0, 0.05) is 55.1 Å². The van der Waals surface area contributed by atoms with E-state index in [4.69, 9.17) is 4.74 Å². The van der Waals surface area contributed by atoms with Gasteiger partial charge in [0.05, 0.1) is 28.5 Å². The molecule has 1 N–H and O–H groups in total. The van der Waals surface area contributed by atoms with Crippen LogP contribution in [-0.4, -0.2) is 93.3 Å². The SMILES string of the molecule is Cc1ccnc([C@H]2C[C@@H]2C(=O)N(C(=O)OC(C)(C)C)c2cc(N(Cc3cn4cc(C5CC5)cc(N5CC(=O)N(C)C5=O)c4n3)C(=O)O)ccc2S(C)(=O)=O)n1. The maximum Gasteiger partial charge on any atom is 0.421 e. The topological polar surface area (TPSA) is 205 Å². The van der Waals surface area contributed by atoms with Crippen LogP contribution >= 0.6 is 0 Å². The Hall–Kier alpha value is -5.91. The number of carbonyl (C=O) groups is 5. The number of urea groups is 1. The van der Waals surface area contributed by atoms with Crippen LogP contribution in [0.4, 0.5) is 31.4 Å². The van der Waals surface area contributed by atoms with Gasteiger partial charge in [-0.25, -0.2) is 42.7 Å². The van der Waals surface area contributed by atoms with Crippen LogP contribution in [0.5, 0.6) is 0 Å². The summed E-state index contributed by atoms with van der Waals surface area (Å²) < 4.78 is 33.7. The number of nitrogens with zero attached hydrogens (tertiary/aromatic N) is 8. The highest BCUT2D eigenvalue weighted by molar-refractivity contribution is 7.90. The quantitative estimate of drug-likeness (QED) is 0.226. The maximum atomic E-state index is 14.3. The second-order valence-corrected chi connectivity index (χ2v) is 17.2. The largest absolute Gasteiger partial charge is 0.465 e. The van der Waals surface area contributed by atoms with Crippen molar-refractivity contribution in [3.8, 4) is 0 Å². The molecule has 1 aliphatic heterocycles. The molecule has 4 aromatic rings. The Morgan fingerprint density at radius 3 is 2.38 bits per heavy atom. The normalized spacial score (nSPS) is 18.5. The highest BCUT2D eigenvalue weighted by Crippen LogP contribution is 2.48. The molecule has 1 aromatic carbocycles. The smallest absolute Gasteiger partial charge is 0.421 e. The Morgan fingerprint density at radius 1 is 1.05 bits per heavy atom. The fourth-order valence-corrected chi connectivity index (χ4v) is 7.47. The molecule has 0 bridgehead atoms. The van der Waals surface area contributed by atoms with E-state index in [-0.39, 0.29) is 42.0 Å². The van der Waals surface area contributed by atoms with Gasteiger partial charge in [-0.15, -0.1) is 0 Å². The van der Waals surface area contributed by atoms with Gasteiger partial charge in [-0.1, -0.05) is 0 Å². The molecule has 18 heteroatoms. The lowest BCUT2D eigenvalue weighted by molar-refractivity contribution is -0.124. The van der Waals surface area contributed by atoms with Crippen LogP contribution in [0, 0.1) is 12.8 Å². The molecule has 0 unspecified atom stereocenters. The van der Waals surface area contributed by atoms with Gasteiger partial charge in [-0.05, 0) is 88.8 Å². The molecule has 3 aromatic heterocycles. The van der Waals surface area contributed by atoms with Crippen molar-refractivity contribution in [2.24, 2.45) is 5.92 Å². The number of benzene rings is 1. The van der Waals surface area contributed by atoms with Crippen molar-refractivity contribution in [1.82, 2.24) is 24.3 Å². The molecule has 2 aliphatic carbocycles. The molecule has 4 heterocycles. The molecule has 2 saturated carbocycles. The van der Waals surface area contributed by atoms with Gasteiger partial charge >= 0.3 is 18.2 Å². The van der Waals surface area contributed by atoms with Crippen LogP contribution in [0.2, 0.25) is 0 Å². The number of anilines is 3. The molecule has 55 heavy (non-hydrogen) atoms. The maximum absolute atomic E-state index is 14.3. The Bertz CT molecular complexity index is 2400. The molecule has 0 radical (unpaired) electrons. The third-order valence-corrected chi connectivity index (χ3v) is 10.8. The van der Waals surface area contributed by atoms with Crippen LogP contribution in [0.15, 0.2) is 53.8 Å². The van der Waals surface area contributed by atoms with E-state index < -0.39 is 56.3 Å². The first-order valence-corrected chi connectivity index (χ1v) is 19.5. The van der Waals surface area contributed by atoms with E-state index in [1.54, 1.807) is 50.6 Å². The zero-order valence-electron chi connectivity index (χ0n) is 31.1. The molecule has 17 nitrogen and oxygen atoms in total. The summed E-state index contributed by atoms with van der Waals surface area (Å²) in [5.41, 5.74) is 1.08. The van der Waals surface area contributed by atoms with Gasteiger partial charge in [-0.3, -0.25) is 24.3 Å². The first-order chi connectivity index (χ1) is 25.8. The average molecular weight is 773 g/mol. The van der Waals surface area contributed by atoms with Crippen molar-refractivity contribution >= 4 is 62.6 Å². The standard InChI is InChI=1S/C37H40N8O9S/c1-20-11-12-38-31(39-20)25-15-26(25)33(47)45(36(51)54-37(2,3)4)27-14-24(9-10-29(27)55(6,52)53)43(35(49)50)18-23-17-42-16-22(21-7-8-21)13-28(32(42)40-23)44-19-30(46)41(5)34(44)48/h9-14,16-17,21,25-26H,7-8,15,18-19H2,1-6H3,(H,49,50)/t25-,26-/m0/s1. The van der Waals surface area contributed by atoms with E-state index in [2.05, 4.69) is 15.0 Å². The number of carbonyl (C=O) groups excluding carboxylic acids is 4. The number of imide groups is 2. The number of amides is 6. The molecular formula is C37H40N8O9S. The van der Waals surface area contributed by atoms with E-state index in [1.807, 2.05) is 12.3 Å². The average Bonchev–Trinajstić information content (AvgIpc) is 4.03. The number of sulfone groups is 1. The Labute approximate surface area is 316 Å². The summed E-state index contributed by atoms with van der Waals surface area (Å²) in [6, 6.07) is 6.59. The van der Waals surface area contributed by atoms with Crippen LogP contribution in [0.3, 0.4) is 0 Å². The molecule has 3 aliphatic rings. The number of hydrogen-bond donors (Lipinski definition) is 1. The van der Waals surface area contributed by atoms with E-state index in [1.165, 1.54) is 18.0 Å². The number of rotatable bonds is 9. The Morgan fingerprint density at radius 2 is 1.78 bits per heavy atom. The van der Waals surface area contributed by atoms with E-state index in [9.17, 15) is 37.5 Å². The zero-order valence-corrected chi connectivity index (χ0v) is 31.9. The first kappa shape index (κ1) is 37.4. The number of fused-ring (bicyclic) bond motifs is 1. The molecule has 3 fully saturated rings. The van der Waals surface area contributed by atoms with Crippen molar-refractivity contribution in [2.75, 3.05) is 34.5 Å². The van der Waals surface area contributed by atoms with Crippen molar-refractivity contribution < 1.29 is 42.2 Å². The molecule has 1 saturated heterocycles. The summed E-state index contributed by atoms with van der Waals surface area (Å²) in [7, 11) is -2.70. The second-order valence-electron chi connectivity index (χ2n) is 15.2. The molecule has 0 spiro atoms. The number of aromatic nitrogens is 4. The van der Waals surface area contributed by atoms with Gasteiger partial charge < -0.3 is 14.2 Å². The van der Waals surface area contributed by atoms with Crippen LogP contribution in [0.25, 0.3) is 5.65 Å². The number of carboxylic acid groups (broad SMARTS) is 1. The minimum atomic E-state index is -4.10. The van der Waals surface area contributed by atoms with E-state index in [0.29, 0.717) is 34.2 Å². The summed E-state index contributed by atoms with van der Waals surface area (Å²) in [4.78, 5) is 83.4. The lowest BCUT2D eigenvalue weighted by Gasteiger charge is -2.28. The van der Waals surface area contributed by atoms with E-state index >= 15 is 0 Å². The third-order valence-electron chi connectivity index (χ3n) is 9.62. The summed E-state index contributed by atoms with van der Waals surface area (Å²) in [5, 5.41) is 10.5. The summed E-state index contributed by atoms with van der Waals surface area (Å²) >= 11 is 0. The number of ether oxygens (including phenoxy) is 1. The zero-order chi connectivity index (χ0) is 39.7. The van der Waals surface area contributed by atoms with Crippen molar-refractivity contribution in [2.45, 2.75) is 75.8 Å². The van der Waals surface area contributed by atoms with Gasteiger partial charge in [-0.2, -0.15) is 0 Å². The van der Waals surface area contributed by atoms with Gasteiger partial charge in [0.15, 0.2) is 15.5 Å². The molecule has 2 atom stereocenters.